The van der Waals surface area contributed by atoms with E-state index in [2.05, 4.69) is 9.47 Å². The van der Waals surface area contributed by atoms with E-state index < -0.39 is 36.1 Å². The van der Waals surface area contributed by atoms with Crippen molar-refractivity contribution in [2.75, 3.05) is 41.7 Å². The molecule has 2 rings (SSSR count). The molecule has 0 spiro atoms. The number of esters is 4. The van der Waals surface area contributed by atoms with Crippen molar-refractivity contribution in [3.8, 4) is 11.5 Å². The van der Waals surface area contributed by atoms with Gasteiger partial charge in [-0.15, -0.1) is 0 Å². The molecule has 12 heteroatoms. The van der Waals surface area contributed by atoms with Crippen molar-refractivity contribution in [1.82, 2.24) is 0 Å². The Labute approximate surface area is 233 Å². The highest BCUT2D eigenvalue weighted by Gasteiger charge is 2.25. The Morgan fingerprint density at radius 2 is 1.27 bits per heavy atom. The fraction of sp³-hybridized carbons (Fsp3) is 0.500. The molecule has 1 aliphatic carbocycles. The molecule has 220 valence electrons. The van der Waals surface area contributed by atoms with Gasteiger partial charge in [0.15, 0.2) is 25.4 Å². The lowest BCUT2D eigenvalue weighted by atomic mass is 9.95. The molecule has 0 fully saturated rings. The number of carbonyl (C=O) groups is 4. The van der Waals surface area contributed by atoms with Gasteiger partial charge in [0.05, 0.1) is 28.4 Å². The number of ether oxygens (including phenoxy) is 8. The molecule has 0 heterocycles. The molecule has 12 nitrogen and oxygen atoms in total. The minimum atomic E-state index is -0.934. The summed E-state index contributed by atoms with van der Waals surface area (Å²) in [6, 6.07) is 3.42. The Hall–Kier alpha value is -4.22. The van der Waals surface area contributed by atoms with Crippen LogP contribution in [0.25, 0.3) is 0 Å². The molecule has 40 heavy (non-hydrogen) atoms. The predicted molar refractivity (Wildman–Crippen MR) is 139 cm³/mol. The Morgan fingerprint density at radius 1 is 0.775 bits per heavy atom. The van der Waals surface area contributed by atoms with Crippen LogP contribution in [0.3, 0.4) is 0 Å². The molecule has 0 aromatic heterocycles. The summed E-state index contributed by atoms with van der Waals surface area (Å²) in [6.07, 6.45) is 1.14. The Bertz CT molecular complexity index is 1100. The van der Waals surface area contributed by atoms with Crippen LogP contribution in [0.2, 0.25) is 0 Å². The number of benzene rings is 1. The van der Waals surface area contributed by atoms with E-state index in [-0.39, 0.29) is 19.6 Å². The third kappa shape index (κ3) is 8.92. The van der Waals surface area contributed by atoms with Gasteiger partial charge in [0.25, 0.3) is 0 Å². The SMILES string of the molecule is COC(=O)COC1=CCCC(OCC(=O)OC)=C1Cc1cc(OC(C)C(=O)OC)c(C)c(OC(C)C(=O)OC)c1. The van der Waals surface area contributed by atoms with Gasteiger partial charge in [0.2, 0.25) is 0 Å². The van der Waals surface area contributed by atoms with E-state index in [9.17, 15) is 19.2 Å². The van der Waals surface area contributed by atoms with Gasteiger partial charge >= 0.3 is 23.9 Å². The minimum absolute atomic E-state index is 0.190. The van der Waals surface area contributed by atoms with Crippen LogP contribution in [0, 0.1) is 6.92 Å². The average molecular weight is 565 g/mol. The second-order valence-electron chi connectivity index (χ2n) is 8.70. The molecule has 1 aromatic rings. The first-order valence-electron chi connectivity index (χ1n) is 12.5. The fourth-order valence-electron chi connectivity index (χ4n) is 3.71. The van der Waals surface area contributed by atoms with Crippen LogP contribution in [-0.2, 0) is 54.0 Å². The lowest BCUT2D eigenvalue weighted by molar-refractivity contribution is -0.148. The van der Waals surface area contributed by atoms with Crippen LogP contribution < -0.4 is 9.47 Å². The number of rotatable bonds is 14. The summed E-state index contributed by atoms with van der Waals surface area (Å²) in [6.45, 7) is 4.15. The molecule has 1 aliphatic rings. The zero-order valence-corrected chi connectivity index (χ0v) is 23.8. The van der Waals surface area contributed by atoms with Crippen molar-refractivity contribution >= 4 is 23.9 Å². The van der Waals surface area contributed by atoms with Crippen molar-refractivity contribution in [2.45, 2.75) is 52.2 Å². The van der Waals surface area contributed by atoms with Gasteiger partial charge in [-0.05, 0) is 51.0 Å². The number of allylic oxidation sites excluding steroid dienone is 3. The topological polar surface area (TPSA) is 142 Å². The van der Waals surface area contributed by atoms with Crippen LogP contribution in [0.5, 0.6) is 11.5 Å². The molecule has 0 saturated carbocycles. The summed E-state index contributed by atoms with van der Waals surface area (Å²) in [4.78, 5) is 47.6. The first-order chi connectivity index (χ1) is 19.0. The van der Waals surface area contributed by atoms with E-state index in [1.54, 1.807) is 32.9 Å². The van der Waals surface area contributed by atoms with Gasteiger partial charge in [-0.3, -0.25) is 0 Å². The summed E-state index contributed by atoms with van der Waals surface area (Å²) in [5.74, 6) is -0.798. The molecular weight excluding hydrogens is 528 g/mol. The minimum Gasteiger partial charge on any atom is -0.486 e. The fourth-order valence-corrected chi connectivity index (χ4v) is 3.71. The molecule has 0 N–H and O–H groups in total. The molecule has 0 amide bonds. The standard InChI is InChI=1S/C28H36O12/c1-16-23(39-17(2)27(31)35-6)12-19(13-24(16)40-18(3)28(32)36-7)11-20-21(37-14-25(29)33-4)9-8-10-22(20)38-15-26(30)34-5/h9,12-13,17-18H,8,10-11,14-15H2,1-7H3. The highest BCUT2D eigenvalue weighted by molar-refractivity contribution is 5.75. The largest absolute Gasteiger partial charge is 0.486 e. The van der Waals surface area contributed by atoms with Crippen LogP contribution in [0.1, 0.15) is 37.8 Å². The number of hydrogen-bond donors (Lipinski definition) is 0. The molecular formula is C28H36O12. The van der Waals surface area contributed by atoms with E-state index in [1.165, 1.54) is 28.4 Å². The Kier molecular flexibility index (Phi) is 12.3. The molecule has 0 bridgehead atoms. The number of carbonyl (C=O) groups excluding carboxylic acids is 4. The summed E-state index contributed by atoms with van der Waals surface area (Å²) in [5, 5.41) is 0. The molecule has 2 unspecified atom stereocenters. The monoisotopic (exact) mass is 564 g/mol. The Morgan fingerprint density at radius 3 is 1.75 bits per heavy atom. The zero-order chi connectivity index (χ0) is 29.8. The van der Waals surface area contributed by atoms with Gasteiger partial charge in [-0.2, -0.15) is 0 Å². The van der Waals surface area contributed by atoms with E-state index in [1.807, 2.05) is 6.08 Å². The predicted octanol–water partition coefficient (Wildman–Crippen LogP) is 2.73. The third-order valence-corrected chi connectivity index (χ3v) is 5.93. The quantitative estimate of drug-likeness (QED) is 0.242. The van der Waals surface area contributed by atoms with Crippen molar-refractivity contribution in [2.24, 2.45) is 0 Å². The first kappa shape index (κ1) is 32.0. The molecule has 0 aliphatic heterocycles. The van der Waals surface area contributed by atoms with Gasteiger partial charge in [-0.1, -0.05) is 0 Å². The van der Waals surface area contributed by atoms with Gasteiger partial charge in [0, 0.05) is 24.0 Å². The maximum absolute atomic E-state index is 12.0. The summed E-state index contributed by atoms with van der Waals surface area (Å²) < 4.78 is 42.2. The van der Waals surface area contributed by atoms with Crippen LogP contribution >= 0.6 is 0 Å². The maximum atomic E-state index is 12.0. The molecule has 2 atom stereocenters. The van der Waals surface area contributed by atoms with Gasteiger partial charge < -0.3 is 37.9 Å². The van der Waals surface area contributed by atoms with Gasteiger partial charge in [-0.25, -0.2) is 19.2 Å². The van der Waals surface area contributed by atoms with Gasteiger partial charge in [0.1, 0.15) is 23.0 Å². The maximum Gasteiger partial charge on any atom is 0.346 e. The van der Waals surface area contributed by atoms with E-state index in [0.717, 1.165) is 0 Å². The third-order valence-electron chi connectivity index (χ3n) is 5.93. The van der Waals surface area contributed by atoms with Crippen molar-refractivity contribution in [1.29, 1.82) is 0 Å². The first-order valence-corrected chi connectivity index (χ1v) is 12.5. The van der Waals surface area contributed by atoms with Crippen LogP contribution in [0.15, 0.2) is 35.3 Å². The highest BCUT2D eigenvalue weighted by Crippen LogP contribution is 2.36. The average Bonchev–Trinajstić information content (AvgIpc) is 2.96. The zero-order valence-electron chi connectivity index (χ0n) is 23.8. The van der Waals surface area contributed by atoms with Crippen LogP contribution in [0.4, 0.5) is 0 Å². The molecule has 0 saturated heterocycles. The second-order valence-corrected chi connectivity index (χ2v) is 8.70. The highest BCUT2D eigenvalue weighted by atomic mass is 16.6. The van der Waals surface area contributed by atoms with E-state index in [4.69, 9.17) is 28.4 Å². The van der Waals surface area contributed by atoms with Crippen molar-refractivity contribution < 1.29 is 57.1 Å². The summed E-state index contributed by atoms with van der Waals surface area (Å²) in [5.41, 5.74) is 1.74. The van der Waals surface area contributed by atoms with E-state index >= 15 is 0 Å². The lowest BCUT2D eigenvalue weighted by Gasteiger charge is -2.24. The van der Waals surface area contributed by atoms with Crippen molar-refractivity contribution in [3.05, 3.63) is 46.4 Å². The van der Waals surface area contributed by atoms with E-state index in [0.29, 0.717) is 52.6 Å². The number of hydrogen-bond acceptors (Lipinski definition) is 12. The molecule has 1 aromatic carbocycles. The smallest absolute Gasteiger partial charge is 0.346 e. The van der Waals surface area contributed by atoms with Crippen molar-refractivity contribution in [3.63, 3.8) is 0 Å². The van der Waals surface area contributed by atoms with Crippen LogP contribution in [-0.4, -0.2) is 77.7 Å². The molecule has 0 radical (unpaired) electrons. The summed E-state index contributed by atoms with van der Waals surface area (Å²) >= 11 is 0. The normalized spacial score (nSPS) is 14.2. The number of methoxy groups -OCH3 is 4. The summed E-state index contributed by atoms with van der Waals surface area (Å²) in [7, 11) is 5.02. The lowest BCUT2D eigenvalue weighted by Crippen LogP contribution is -2.26. The Balaban J connectivity index is 2.55. The second kappa shape index (κ2) is 15.4.